The van der Waals surface area contributed by atoms with Crippen LogP contribution in [0.4, 0.5) is 5.69 Å². The molecule has 5 rings (SSSR count). The Morgan fingerprint density at radius 2 is 2.07 bits per heavy atom. The van der Waals surface area contributed by atoms with Crippen LogP contribution in [0.5, 0.6) is 0 Å². The second-order valence-corrected chi connectivity index (χ2v) is 8.04. The van der Waals surface area contributed by atoms with Gasteiger partial charge in [-0.2, -0.15) is 0 Å². The second-order valence-electron chi connectivity index (χ2n) is 8.04. The number of aryl methyl sites for hydroxylation is 2. The van der Waals surface area contributed by atoms with Crippen molar-refractivity contribution in [3.8, 4) is 0 Å². The standard InChI is InChI=1S/C22H22N2O4/c1-13-8-14(2)10-15(9-13)23-20(25)18-17-5-6-22(28-17)12-24(21(26)19(18)22)11-16-4-3-7-27-16/h3-10,17-19H,11-12H2,1-2H3,(H,23,25)/t17-,18+,19+,22-/m0/s1. The average molecular weight is 378 g/mol. The third-order valence-electron chi connectivity index (χ3n) is 5.90. The number of likely N-dealkylation sites (tertiary alicyclic amines) is 1. The first-order valence-corrected chi connectivity index (χ1v) is 9.53. The largest absolute Gasteiger partial charge is 0.467 e. The van der Waals surface area contributed by atoms with E-state index in [9.17, 15) is 9.59 Å². The van der Waals surface area contributed by atoms with Crippen molar-refractivity contribution >= 4 is 17.5 Å². The molecule has 2 bridgehead atoms. The summed E-state index contributed by atoms with van der Waals surface area (Å²) in [6.07, 6.45) is 5.12. The van der Waals surface area contributed by atoms with Crippen LogP contribution >= 0.6 is 0 Å². The van der Waals surface area contributed by atoms with Gasteiger partial charge in [-0.15, -0.1) is 0 Å². The van der Waals surface area contributed by atoms with Gasteiger partial charge in [0.1, 0.15) is 11.4 Å². The Hall–Kier alpha value is -2.86. The number of amides is 2. The first kappa shape index (κ1) is 17.3. The highest BCUT2D eigenvalue weighted by Crippen LogP contribution is 2.52. The summed E-state index contributed by atoms with van der Waals surface area (Å²) in [5.74, 6) is -0.522. The molecular formula is C22H22N2O4. The van der Waals surface area contributed by atoms with E-state index in [0.717, 1.165) is 22.6 Å². The van der Waals surface area contributed by atoms with Crippen molar-refractivity contribution in [1.29, 1.82) is 0 Å². The molecule has 3 aliphatic rings. The minimum Gasteiger partial charge on any atom is -0.467 e. The van der Waals surface area contributed by atoms with Crippen LogP contribution in [-0.4, -0.2) is 35.0 Å². The Balaban J connectivity index is 1.39. The molecule has 1 spiro atoms. The van der Waals surface area contributed by atoms with Crippen LogP contribution in [0.2, 0.25) is 0 Å². The highest BCUT2D eigenvalue weighted by molar-refractivity contribution is 5.99. The summed E-state index contributed by atoms with van der Waals surface area (Å²) in [7, 11) is 0. The van der Waals surface area contributed by atoms with E-state index in [0.29, 0.717) is 13.1 Å². The molecule has 2 saturated heterocycles. The number of ether oxygens (including phenoxy) is 1. The molecule has 144 valence electrons. The maximum Gasteiger partial charge on any atom is 0.231 e. The summed E-state index contributed by atoms with van der Waals surface area (Å²) in [5.41, 5.74) is 2.20. The van der Waals surface area contributed by atoms with Gasteiger partial charge in [-0.3, -0.25) is 9.59 Å². The summed E-state index contributed by atoms with van der Waals surface area (Å²) in [6.45, 7) is 4.82. The van der Waals surface area contributed by atoms with Crippen LogP contribution in [0, 0.1) is 25.7 Å². The van der Waals surface area contributed by atoms with Gasteiger partial charge < -0.3 is 19.4 Å². The van der Waals surface area contributed by atoms with Crippen molar-refractivity contribution in [2.24, 2.45) is 11.8 Å². The zero-order valence-corrected chi connectivity index (χ0v) is 15.8. The highest BCUT2D eigenvalue weighted by Gasteiger charge is 2.66. The number of furan rings is 1. The van der Waals surface area contributed by atoms with Gasteiger partial charge in [0.05, 0.1) is 37.3 Å². The lowest BCUT2D eigenvalue weighted by Crippen LogP contribution is -2.41. The van der Waals surface area contributed by atoms with E-state index in [1.165, 1.54) is 0 Å². The molecule has 3 aliphatic heterocycles. The van der Waals surface area contributed by atoms with Gasteiger partial charge in [-0.25, -0.2) is 0 Å². The van der Waals surface area contributed by atoms with Gasteiger partial charge in [0.2, 0.25) is 11.8 Å². The monoisotopic (exact) mass is 378 g/mol. The Kier molecular flexibility index (Phi) is 3.74. The van der Waals surface area contributed by atoms with Crippen molar-refractivity contribution in [1.82, 2.24) is 4.90 Å². The van der Waals surface area contributed by atoms with Crippen LogP contribution in [0.3, 0.4) is 0 Å². The summed E-state index contributed by atoms with van der Waals surface area (Å²) >= 11 is 0. The maximum absolute atomic E-state index is 13.2. The van der Waals surface area contributed by atoms with Gasteiger partial charge in [0.15, 0.2) is 0 Å². The molecule has 28 heavy (non-hydrogen) atoms. The fraction of sp³-hybridized carbons (Fsp3) is 0.364. The number of nitrogens with zero attached hydrogens (tertiary/aromatic N) is 1. The molecule has 0 saturated carbocycles. The van der Waals surface area contributed by atoms with Crippen molar-refractivity contribution in [3.05, 3.63) is 65.6 Å². The lowest BCUT2D eigenvalue weighted by molar-refractivity contribution is -0.136. The van der Waals surface area contributed by atoms with Gasteiger partial charge in [0.25, 0.3) is 0 Å². The third-order valence-corrected chi connectivity index (χ3v) is 5.90. The molecule has 4 heterocycles. The van der Waals surface area contributed by atoms with E-state index in [2.05, 4.69) is 11.4 Å². The minimum absolute atomic E-state index is 0.0520. The predicted octanol–water partition coefficient (Wildman–Crippen LogP) is 2.82. The number of fused-ring (bicyclic) bond motifs is 1. The molecule has 2 fully saturated rings. The molecule has 1 aromatic carbocycles. The summed E-state index contributed by atoms with van der Waals surface area (Å²) in [5, 5.41) is 3.00. The molecule has 2 amide bonds. The number of hydrogen-bond donors (Lipinski definition) is 1. The number of carbonyl (C=O) groups excluding carboxylic acids is 2. The Morgan fingerprint density at radius 1 is 1.29 bits per heavy atom. The van der Waals surface area contributed by atoms with Crippen LogP contribution in [0.15, 0.2) is 53.2 Å². The minimum atomic E-state index is -0.709. The van der Waals surface area contributed by atoms with Crippen LogP contribution in [0.1, 0.15) is 16.9 Å². The zero-order valence-electron chi connectivity index (χ0n) is 15.8. The summed E-state index contributed by atoms with van der Waals surface area (Å²) in [4.78, 5) is 28.0. The molecule has 6 nitrogen and oxygen atoms in total. The van der Waals surface area contributed by atoms with E-state index in [1.807, 2.05) is 44.2 Å². The SMILES string of the molecule is Cc1cc(C)cc(NC(=O)[C@@H]2[C@@H]3C=C[C@@]4(CN(Cc5ccco5)C(=O)[C@@H]24)O3)c1. The molecule has 4 atom stereocenters. The van der Waals surface area contributed by atoms with E-state index in [4.69, 9.17) is 9.15 Å². The number of carbonyl (C=O) groups is 2. The second kappa shape index (κ2) is 6.07. The quantitative estimate of drug-likeness (QED) is 0.831. The molecule has 6 heteroatoms. The van der Waals surface area contributed by atoms with Gasteiger partial charge in [0, 0.05) is 5.69 Å². The summed E-state index contributed by atoms with van der Waals surface area (Å²) < 4.78 is 11.5. The van der Waals surface area contributed by atoms with Crippen molar-refractivity contribution in [2.45, 2.75) is 32.1 Å². The number of nitrogens with one attached hydrogen (secondary N) is 1. The third kappa shape index (κ3) is 2.59. The van der Waals surface area contributed by atoms with E-state index in [1.54, 1.807) is 17.2 Å². The molecule has 0 radical (unpaired) electrons. The number of hydrogen-bond acceptors (Lipinski definition) is 4. The fourth-order valence-corrected chi connectivity index (χ4v) is 4.87. The van der Waals surface area contributed by atoms with Crippen LogP contribution in [0.25, 0.3) is 0 Å². The van der Waals surface area contributed by atoms with Crippen molar-refractivity contribution < 1.29 is 18.7 Å². The number of rotatable bonds is 4. The van der Waals surface area contributed by atoms with E-state index < -0.39 is 17.4 Å². The maximum atomic E-state index is 13.2. The molecule has 1 aromatic heterocycles. The normalized spacial score (nSPS) is 30.1. The van der Waals surface area contributed by atoms with Gasteiger partial charge in [-0.05, 0) is 49.2 Å². The van der Waals surface area contributed by atoms with Gasteiger partial charge in [-0.1, -0.05) is 18.2 Å². The number of benzene rings is 1. The Labute approximate surface area is 163 Å². The molecule has 0 aliphatic carbocycles. The Bertz CT molecular complexity index is 960. The van der Waals surface area contributed by atoms with E-state index in [-0.39, 0.29) is 17.9 Å². The molecule has 0 unspecified atom stereocenters. The average Bonchev–Trinajstić information content (AvgIpc) is 3.37. The van der Waals surface area contributed by atoms with Crippen LogP contribution < -0.4 is 5.32 Å². The zero-order chi connectivity index (χ0) is 19.5. The van der Waals surface area contributed by atoms with Crippen molar-refractivity contribution in [3.63, 3.8) is 0 Å². The smallest absolute Gasteiger partial charge is 0.231 e. The molecular weight excluding hydrogens is 356 g/mol. The van der Waals surface area contributed by atoms with E-state index >= 15 is 0 Å². The van der Waals surface area contributed by atoms with Crippen LogP contribution in [-0.2, 0) is 20.9 Å². The molecule has 1 N–H and O–H groups in total. The first-order valence-electron chi connectivity index (χ1n) is 9.53. The van der Waals surface area contributed by atoms with Gasteiger partial charge >= 0.3 is 0 Å². The highest BCUT2D eigenvalue weighted by atomic mass is 16.5. The van der Waals surface area contributed by atoms with Crippen molar-refractivity contribution in [2.75, 3.05) is 11.9 Å². The molecule has 2 aromatic rings. The lowest BCUT2D eigenvalue weighted by atomic mass is 9.76. The Morgan fingerprint density at radius 3 is 2.79 bits per heavy atom. The number of anilines is 1. The fourth-order valence-electron chi connectivity index (χ4n) is 4.87. The lowest BCUT2D eigenvalue weighted by Gasteiger charge is -2.23. The predicted molar refractivity (Wildman–Crippen MR) is 102 cm³/mol. The topological polar surface area (TPSA) is 71.8 Å². The summed E-state index contributed by atoms with van der Waals surface area (Å²) in [6, 6.07) is 9.57. The first-order chi connectivity index (χ1) is 13.4.